The molecule has 5 aromatic rings. The predicted molar refractivity (Wildman–Crippen MR) is 119 cm³/mol. The lowest BCUT2D eigenvalue weighted by atomic mass is 9.92. The van der Waals surface area contributed by atoms with E-state index in [0.29, 0.717) is 0 Å². The van der Waals surface area contributed by atoms with Crippen LogP contribution >= 0.6 is 0 Å². The zero-order valence-electron chi connectivity index (χ0n) is 15.5. The molecule has 0 atom stereocenters. The van der Waals surface area contributed by atoms with Crippen LogP contribution in [0.3, 0.4) is 0 Å². The van der Waals surface area contributed by atoms with Crippen LogP contribution in [-0.2, 0) is 0 Å². The molecule has 0 nitrogen and oxygen atoms in total. The average Bonchev–Trinajstić information content (AvgIpc) is 2.79. The topological polar surface area (TPSA) is 0 Å². The second-order valence-corrected chi connectivity index (χ2v) is 7.02. The zero-order chi connectivity index (χ0) is 18.8. The number of hydrogen-bond acceptors (Lipinski definition) is 0. The average molecular weight is 355 g/mol. The second-order valence-electron chi connectivity index (χ2n) is 7.02. The van der Waals surface area contributed by atoms with Crippen LogP contribution in [-0.4, -0.2) is 0 Å². The van der Waals surface area contributed by atoms with Gasteiger partial charge in [-0.1, -0.05) is 91.0 Å². The lowest BCUT2D eigenvalue weighted by Crippen LogP contribution is -1.86. The van der Waals surface area contributed by atoms with Gasteiger partial charge in [0.05, 0.1) is 0 Å². The Labute approximate surface area is 165 Å². The van der Waals surface area contributed by atoms with Gasteiger partial charge < -0.3 is 0 Å². The molecule has 131 valence electrons. The normalized spacial score (nSPS) is 10.9. The van der Waals surface area contributed by atoms with Crippen LogP contribution in [0.2, 0.25) is 0 Å². The maximum atomic E-state index is 3.12. The molecule has 0 heteroatoms. The molecule has 28 heavy (non-hydrogen) atoms. The molecule has 0 fully saturated rings. The summed E-state index contributed by atoms with van der Waals surface area (Å²) < 4.78 is 0. The lowest BCUT2D eigenvalue weighted by molar-refractivity contribution is 1.57. The van der Waals surface area contributed by atoms with Gasteiger partial charge in [-0.15, -0.1) is 0 Å². The molecule has 0 spiro atoms. The van der Waals surface area contributed by atoms with E-state index in [1.807, 2.05) is 12.1 Å². The minimum absolute atomic E-state index is 1.21. The van der Waals surface area contributed by atoms with Crippen molar-refractivity contribution in [2.24, 2.45) is 0 Å². The van der Waals surface area contributed by atoms with Gasteiger partial charge in [0, 0.05) is 0 Å². The zero-order valence-corrected chi connectivity index (χ0v) is 15.5. The van der Waals surface area contributed by atoms with E-state index in [1.165, 1.54) is 44.2 Å². The van der Waals surface area contributed by atoms with Crippen LogP contribution < -0.4 is 0 Å². The van der Waals surface area contributed by atoms with Crippen molar-refractivity contribution < 1.29 is 0 Å². The van der Waals surface area contributed by atoms with Gasteiger partial charge >= 0.3 is 0 Å². The number of rotatable bonds is 3. The van der Waals surface area contributed by atoms with Crippen LogP contribution in [0.5, 0.6) is 0 Å². The third-order valence-corrected chi connectivity index (χ3v) is 5.17. The smallest absolute Gasteiger partial charge is 0.0171 e. The number of hydrogen-bond donors (Lipinski definition) is 0. The Balaban J connectivity index is 1.72. The van der Waals surface area contributed by atoms with Gasteiger partial charge in [0.2, 0.25) is 0 Å². The van der Waals surface area contributed by atoms with Crippen molar-refractivity contribution in [3.8, 4) is 33.4 Å². The molecule has 0 heterocycles. The van der Waals surface area contributed by atoms with Crippen molar-refractivity contribution in [3.05, 3.63) is 121 Å². The first-order valence-corrected chi connectivity index (χ1v) is 9.53. The van der Waals surface area contributed by atoms with Crippen molar-refractivity contribution in [3.63, 3.8) is 0 Å². The fraction of sp³-hybridized carbons (Fsp3) is 0. The van der Waals surface area contributed by atoms with Gasteiger partial charge in [-0.25, -0.2) is 0 Å². The van der Waals surface area contributed by atoms with Crippen molar-refractivity contribution in [1.29, 1.82) is 0 Å². The summed E-state index contributed by atoms with van der Waals surface area (Å²) in [5.74, 6) is 0. The maximum Gasteiger partial charge on any atom is -0.0171 e. The van der Waals surface area contributed by atoms with E-state index in [0.717, 1.165) is 0 Å². The van der Waals surface area contributed by atoms with Crippen molar-refractivity contribution in [2.75, 3.05) is 0 Å². The molecule has 0 amide bonds. The first-order chi connectivity index (χ1) is 13.9. The van der Waals surface area contributed by atoms with Crippen LogP contribution in [0.1, 0.15) is 0 Å². The Morgan fingerprint density at radius 1 is 0.357 bits per heavy atom. The minimum atomic E-state index is 1.21. The maximum absolute atomic E-state index is 3.12. The van der Waals surface area contributed by atoms with Crippen LogP contribution in [0.15, 0.2) is 115 Å². The van der Waals surface area contributed by atoms with E-state index in [4.69, 9.17) is 0 Å². The quantitative estimate of drug-likeness (QED) is 0.312. The Kier molecular flexibility index (Phi) is 4.23. The number of fused-ring (bicyclic) bond motifs is 1. The Bertz CT molecular complexity index is 1180. The summed E-state index contributed by atoms with van der Waals surface area (Å²) in [6.45, 7) is 0. The molecule has 5 aromatic carbocycles. The molecule has 0 aromatic heterocycles. The van der Waals surface area contributed by atoms with E-state index in [1.54, 1.807) is 0 Å². The highest BCUT2D eigenvalue weighted by atomic mass is 14.1. The molecule has 0 N–H and O–H groups in total. The largest absolute Gasteiger partial charge is 0.0622 e. The Morgan fingerprint density at radius 2 is 0.929 bits per heavy atom. The van der Waals surface area contributed by atoms with Gasteiger partial charge in [0.15, 0.2) is 0 Å². The third kappa shape index (κ3) is 3.21. The standard InChI is InChI=1S/C28H19/c1-3-9-21(10-4-1)26-18-27(22-11-5-2-6-12-22)20-28(19-26)25-16-15-23-13-7-8-14-24(23)17-25/h1,3-20H. The molecule has 1 radical (unpaired) electrons. The molecule has 0 saturated carbocycles. The summed E-state index contributed by atoms with van der Waals surface area (Å²) in [6.07, 6.45) is 0. The predicted octanol–water partition coefficient (Wildman–Crippen LogP) is 7.64. The van der Waals surface area contributed by atoms with Crippen LogP contribution in [0.4, 0.5) is 0 Å². The Morgan fingerprint density at radius 3 is 1.64 bits per heavy atom. The van der Waals surface area contributed by atoms with Gasteiger partial charge in [0.1, 0.15) is 0 Å². The second kappa shape index (κ2) is 7.17. The minimum Gasteiger partial charge on any atom is -0.0622 e. The number of benzene rings is 5. The molecule has 0 aliphatic rings. The highest BCUT2D eigenvalue weighted by Crippen LogP contribution is 2.33. The van der Waals surface area contributed by atoms with E-state index in [9.17, 15) is 0 Å². The van der Waals surface area contributed by atoms with Crippen LogP contribution in [0.25, 0.3) is 44.2 Å². The first-order valence-electron chi connectivity index (χ1n) is 9.53. The fourth-order valence-electron chi connectivity index (χ4n) is 3.71. The SMILES string of the molecule is [c]1ccc(-c2cc(-c3ccccc3)cc(-c3ccc4ccccc4c3)c2)cc1. The summed E-state index contributed by atoms with van der Waals surface area (Å²) in [7, 11) is 0. The molecule has 5 rings (SSSR count). The molecular formula is C28H19. The van der Waals surface area contributed by atoms with E-state index < -0.39 is 0 Å². The van der Waals surface area contributed by atoms with Crippen molar-refractivity contribution in [1.82, 2.24) is 0 Å². The van der Waals surface area contributed by atoms with Gasteiger partial charge in [0.25, 0.3) is 0 Å². The summed E-state index contributed by atoms with van der Waals surface area (Å²) in [5.41, 5.74) is 7.36. The summed E-state index contributed by atoms with van der Waals surface area (Å²) in [6, 6.07) is 43.9. The summed E-state index contributed by atoms with van der Waals surface area (Å²) >= 11 is 0. The monoisotopic (exact) mass is 355 g/mol. The van der Waals surface area contributed by atoms with E-state index in [-0.39, 0.29) is 0 Å². The van der Waals surface area contributed by atoms with Gasteiger partial charge in [-0.3, -0.25) is 0 Å². The van der Waals surface area contributed by atoms with E-state index in [2.05, 4.69) is 109 Å². The van der Waals surface area contributed by atoms with Crippen molar-refractivity contribution >= 4 is 10.8 Å². The molecule has 0 unspecified atom stereocenters. The highest BCUT2D eigenvalue weighted by molar-refractivity contribution is 5.89. The van der Waals surface area contributed by atoms with Crippen LogP contribution in [0, 0.1) is 6.07 Å². The molecule has 0 aliphatic carbocycles. The van der Waals surface area contributed by atoms with Crippen molar-refractivity contribution in [2.45, 2.75) is 0 Å². The fourth-order valence-corrected chi connectivity index (χ4v) is 3.71. The van der Waals surface area contributed by atoms with Gasteiger partial charge in [-0.05, 0) is 74.5 Å². The highest BCUT2D eigenvalue weighted by Gasteiger charge is 2.08. The first kappa shape index (κ1) is 16.5. The summed E-state index contributed by atoms with van der Waals surface area (Å²) in [5, 5.41) is 2.53. The molecular weight excluding hydrogens is 336 g/mol. The summed E-state index contributed by atoms with van der Waals surface area (Å²) in [4.78, 5) is 0. The molecule has 0 saturated heterocycles. The van der Waals surface area contributed by atoms with E-state index >= 15 is 0 Å². The molecule has 0 aliphatic heterocycles. The van der Waals surface area contributed by atoms with Gasteiger partial charge in [-0.2, -0.15) is 0 Å². The Hall–Kier alpha value is -3.64. The lowest BCUT2D eigenvalue weighted by Gasteiger charge is -2.12. The molecule has 0 bridgehead atoms. The third-order valence-electron chi connectivity index (χ3n) is 5.17.